The molecule has 0 aromatic carbocycles. The van der Waals surface area contributed by atoms with Gasteiger partial charge in [-0.25, -0.2) is 0 Å². The van der Waals surface area contributed by atoms with E-state index in [9.17, 15) is 13.2 Å². The highest BCUT2D eigenvalue weighted by Crippen LogP contribution is 2.14. The third kappa shape index (κ3) is 7.54. The van der Waals surface area contributed by atoms with Crippen LogP contribution in [0, 0.1) is 0 Å². The van der Waals surface area contributed by atoms with Crippen LogP contribution in [0.5, 0.6) is 0 Å². The van der Waals surface area contributed by atoms with Crippen molar-refractivity contribution >= 4 is 0 Å². The molecule has 0 heterocycles. The normalized spacial score (nSPS) is 13.1. The SMILES string of the molecule is CCC(CO)(CO)NCCCOCC(F)(F)F. The zero-order valence-corrected chi connectivity index (χ0v) is 9.89. The van der Waals surface area contributed by atoms with Crippen LogP contribution in [0.1, 0.15) is 19.8 Å². The number of rotatable bonds is 9. The fraction of sp³-hybridized carbons (Fsp3) is 1.00. The minimum absolute atomic E-state index is 0.0108. The van der Waals surface area contributed by atoms with E-state index in [0.717, 1.165) is 0 Å². The lowest BCUT2D eigenvalue weighted by Crippen LogP contribution is -2.51. The summed E-state index contributed by atoms with van der Waals surface area (Å²) in [5.74, 6) is 0. The third-order valence-corrected chi connectivity index (χ3v) is 2.51. The topological polar surface area (TPSA) is 61.7 Å². The summed E-state index contributed by atoms with van der Waals surface area (Å²) < 4.78 is 39.6. The Morgan fingerprint density at radius 1 is 1.18 bits per heavy atom. The van der Waals surface area contributed by atoms with Gasteiger partial charge in [0.25, 0.3) is 0 Å². The summed E-state index contributed by atoms with van der Waals surface area (Å²) in [4.78, 5) is 0. The van der Waals surface area contributed by atoms with Crippen LogP contribution >= 0.6 is 0 Å². The van der Waals surface area contributed by atoms with E-state index in [1.54, 1.807) is 6.92 Å². The number of alkyl halides is 3. The molecule has 17 heavy (non-hydrogen) atoms. The average molecular weight is 259 g/mol. The highest BCUT2D eigenvalue weighted by atomic mass is 19.4. The Hall–Kier alpha value is -0.370. The first-order chi connectivity index (χ1) is 7.89. The first-order valence-corrected chi connectivity index (χ1v) is 5.50. The molecule has 0 aromatic heterocycles. The van der Waals surface area contributed by atoms with Crippen molar-refractivity contribution in [3.05, 3.63) is 0 Å². The molecule has 0 aliphatic rings. The molecule has 0 saturated carbocycles. The lowest BCUT2D eigenvalue weighted by Gasteiger charge is -2.29. The number of aliphatic hydroxyl groups excluding tert-OH is 2. The van der Waals surface area contributed by atoms with Crippen molar-refractivity contribution in [1.82, 2.24) is 5.32 Å². The van der Waals surface area contributed by atoms with Gasteiger partial charge in [0.1, 0.15) is 6.61 Å². The predicted molar refractivity (Wildman–Crippen MR) is 56.7 cm³/mol. The molecule has 0 bridgehead atoms. The smallest absolute Gasteiger partial charge is 0.394 e. The Bertz CT molecular complexity index is 187. The number of halogens is 3. The maximum atomic E-state index is 11.7. The van der Waals surface area contributed by atoms with Crippen LogP contribution < -0.4 is 5.32 Å². The van der Waals surface area contributed by atoms with Gasteiger partial charge in [0, 0.05) is 6.61 Å². The molecule has 0 radical (unpaired) electrons. The molecule has 7 heteroatoms. The van der Waals surface area contributed by atoms with Crippen LogP contribution in [0.15, 0.2) is 0 Å². The second-order valence-corrected chi connectivity index (χ2v) is 3.90. The Labute approximate surface area is 98.8 Å². The lowest BCUT2D eigenvalue weighted by molar-refractivity contribution is -0.174. The molecular formula is C10H20F3NO3. The second-order valence-electron chi connectivity index (χ2n) is 3.90. The highest BCUT2D eigenvalue weighted by molar-refractivity contribution is 4.85. The van der Waals surface area contributed by atoms with Crippen LogP contribution in [0.4, 0.5) is 13.2 Å². The van der Waals surface area contributed by atoms with Gasteiger partial charge in [-0.05, 0) is 19.4 Å². The average Bonchev–Trinajstić information content (AvgIpc) is 2.28. The number of ether oxygens (including phenoxy) is 1. The van der Waals surface area contributed by atoms with Gasteiger partial charge in [-0.15, -0.1) is 0 Å². The molecule has 0 unspecified atom stereocenters. The first kappa shape index (κ1) is 16.6. The summed E-state index contributed by atoms with van der Waals surface area (Å²) in [6.07, 6.45) is -3.38. The van der Waals surface area contributed by atoms with Crippen molar-refractivity contribution in [3.63, 3.8) is 0 Å². The third-order valence-electron chi connectivity index (χ3n) is 2.51. The van der Waals surface area contributed by atoms with E-state index in [1.165, 1.54) is 0 Å². The summed E-state index contributed by atoms with van der Waals surface area (Å²) in [5.41, 5.74) is -0.760. The van der Waals surface area contributed by atoms with E-state index in [0.29, 0.717) is 19.4 Å². The highest BCUT2D eigenvalue weighted by Gasteiger charge is 2.27. The molecule has 104 valence electrons. The van der Waals surface area contributed by atoms with Gasteiger partial charge in [0.15, 0.2) is 0 Å². The molecule has 0 amide bonds. The minimum Gasteiger partial charge on any atom is -0.394 e. The molecular weight excluding hydrogens is 239 g/mol. The second kappa shape index (κ2) is 7.86. The summed E-state index contributed by atoms with van der Waals surface area (Å²) in [5, 5.41) is 21.1. The molecule has 0 aliphatic heterocycles. The summed E-state index contributed by atoms with van der Waals surface area (Å²) in [6.45, 7) is 0.494. The van der Waals surface area contributed by atoms with E-state index in [4.69, 9.17) is 10.2 Å². The lowest BCUT2D eigenvalue weighted by atomic mass is 9.98. The largest absolute Gasteiger partial charge is 0.411 e. The van der Waals surface area contributed by atoms with Crippen molar-refractivity contribution in [2.45, 2.75) is 31.5 Å². The van der Waals surface area contributed by atoms with E-state index < -0.39 is 18.3 Å². The summed E-state index contributed by atoms with van der Waals surface area (Å²) >= 11 is 0. The molecule has 0 fully saturated rings. The molecule has 3 N–H and O–H groups in total. The number of hydrogen-bond acceptors (Lipinski definition) is 4. The van der Waals surface area contributed by atoms with Crippen LogP contribution in [-0.4, -0.2) is 54.9 Å². The quantitative estimate of drug-likeness (QED) is 0.533. The predicted octanol–water partition coefficient (Wildman–Crippen LogP) is 0.678. The van der Waals surface area contributed by atoms with Gasteiger partial charge in [0.2, 0.25) is 0 Å². The number of hydrogen-bond donors (Lipinski definition) is 3. The maximum Gasteiger partial charge on any atom is 0.411 e. The zero-order chi connectivity index (χ0) is 13.4. The van der Waals surface area contributed by atoms with Gasteiger partial charge in [-0.1, -0.05) is 6.92 Å². The minimum atomic E-state index is -4.29. The summed E-state index contributed by atoms with van der Waals surface area (Å²) in [7, 11) is 0. The van der Waals surface area contributed by atoms with E-state index in [1.807, 2.05) is 0 Å². The molecule has 0 atom stereocenters. The molecule has 0 rings (SSSR count). The number of aliphatic hydroxyl groups is 2. The van der Waals surface area contributed by atoms with Crippen molar-refractivity contribution < 1.29 is 28.1 Å². The maximum absolute atomic E-state index is 11.7. The van der Waals surface area contributed by atoms with Gasteiger partial charge in [-0.2, -0.15) is 13.2 Å². The molecule has 0 spiro atoms. The fourth-order valence-electron chi connectivity index (χ4n) is 1.23. The van der Waals surface area contributed by atoms with Crippen LogP contribution in [0.3, 0.4) is 0 Å². The zero-order valence-electron chi connectivity index (χ0n) is 9.89. The molecule has 0 aromatic rings. The summed E-state index contributed by atoms with van der Waals surface area (Å²) in [6, 6.07) is 0. The molecule has 4 nitrogen and oxygen atoms in total. The Kier molecular flexibility index (Phi) is 7.69. The standard InChI is InChI=1S/C10H20F3NO3/c1-2-9(6-15,7-16)14-4-3-5-17-8-10(11,12)13/h14-16H,2-8H2,1H3. The van der Waals surface area contributed by atoms with Gasteiger partial charge in [-0.3, -0.25) is 0 Å². The van der Waals surface area contributed by atoms with Gasteiger partial charge in [0.05, 0.1) is 18.8 Å². The van der Waals surface area contributed by atoms with Crippen LogP contribution in [-0.2, 0) is 4.74 Å². The van der Waals surface area contributed by atoms with Crippen molar-refractivity contribution in [1.29, 1.82) is 0 Å². The monoisotopic (exact) mass is 259 g/mol. The molecule has 0 aliphatic carbocycles. The van der Waals surface area contributed by atoms with E-state index in [2.05, 4.69) is 10.1 Å². The Morgan fingerprint density at radius 2 is 1.76 bits per heavy atom. The van der Waals surface area contributed by atoms with Crippen LogP contribution in [0.2, 0.25) is 0 Å². The van der Waals surface area contributed by atoms with Gasteiger partial charge >= 0.3 is 6.18 Å². The fourth-order valence-corrected chi connectivity index (χ4v) is 1.23. The Morgan fingerprint density at radius 3 is 2.18 bits per heavy atom. The van der Waals surface area contributed by atoms with E-state index in [-0.39, 0.29) is 19.8 Å². The van der Waals surface area contributed by atoms with Crippen molar-refractivity contribution in [3.8, 4) is 0 Å². The first-order valence-electron chi connectivity index (χ1n) is 5.50. The van der Waals surface area contributed by atoms with Crippen molar-refractivity contribution in [2.24, 2.45) is 0 Å². The molecule has 0 saturated heterocycles. The van der Waals surface area contributed by atoms with Gasteiger partial charge < -0.3 is 20.3 Å². The number of nitrogens with one attached hydrogen (secondary N) is 1. The van der Waals surface area contributed by atoms with Crippen molar-refractivity contribution in [2.75, 3.05) is 33.0 Å². The van der Waals surface area contributed by atoms with Crippen LogP contribution in [0.25, 0.3) is 0 Å². The van der Waals surface area contributed by atoms with E-state index >= 15 is 0 Å². The Balaban J connectivity index is 3.63.